The Hall–Kier alpha value is -3.28. The lowest BCUT2D eigenvalue weighted by Gasteiger charge is -2.33. The summed E-state index contributed by atoms with van der Waals surface area (Å²) in [6.07, 6.45) is 2.12. The molecule has 162 valence electrons. The van der Waals surface area contributed by atoms with Gasteiger partial charge in [-0.25, -0.2) is 4.90 Å². The van der Waals surface area contributed by atoms with Crippen molar-refractivity contribution in [3.8, 4) is 11.5 Å². The van der Waals surface area contributed by atoms with Gasteiger partial charge >= 0.3 is 0 Å². The molecule has 2 aromatic rings. The molecule has 2 aliphatic rings. The number of methoxy groups -OCH3 is 2. The van der Waals surface area contributed by atoms with Crippen LogP contribution < -0.4 is 14.4 Å². The SMILES string of the molecule is COc1ccc(C2=C(N3CCCC(C)C3)C(=O)N(c3cc(C)ccc3OC)C2=O)cc1. The highest BCUT2D eigenvalue weighted by Gasteiger charge is 2.44. The van der Waals surface area contributed by atoms with E-state index in [1.807, 2.05) is 43.3 Å². The fourth-order valence-corrected chi connectivity index (χ4v) is 4.42. The van der Waals surface area contributed by atoms with Crippen LogP contribution in [0.1, 0.15) is 30.9 Å². The number of rotatable bonds is 5. The average Bonchev–Trinajstić information content (AvgIpc) is 3.03. The zero-order valence-corrected chi connectivity index (χ0v) is 18.5. The standard InChI is InChI=1S/C25H28N2O4/c1-16-7-12-21(31-4)20(14-16)27-24(28)22(18-8-10-19(30-3)11-9-18)23(25(27)29)26-13-5-6-17(2)15-26/h7-12,14,17H,5-6,13,15H2,1-4H3. The molecular weight excluding hydrogens is 392 g/mol. The fourth-order valence-electron chi connectivity index (χ4n) is 4.42. The summed E-state index contributed by atoms with van der Waals surface area (Å²) < 4.78 is 10.7. The number of anilines is 1. The second kappa shape index (κ2) is 8.46. The molecule has 31 heavy (non-hydrogen) atoms. The van der Waals surface area contributed by atoms with E-state index in [2.05, 4.69) is 11.8 Å². The van der Waals surface area contributed by atoms with Crippen LogP contribution in [0.2, 0.25) is 0 Å². The van der Waals surface area contributed by atoms with Crippen molar-refractivity contribution in [1.82, 2.24) is 4.90 Å². The highest BCUT2D eigenvalue weighted by atomic mass is 16.5. The molecule has 0 bridgehead atoms. The van der Waals surface area contributed by atoms with E-state index in [1.165, 1.54) is 4.90 Å². The van der Waals surface area contributed by atoms with Crippen molar-refractivity contribution < 1.29 is 19.1 Å². The molecule has 0 aliphatic carbocycles. The van der Waals surface area contributed by atoms with E-state index in [4.69, 9.17) is 9.47 Å². The molecule has 6 nitrogen and oxygen atoms in total. The Labute approximate surface area is 183 Å². The van der Waals surface area contributed by atoms with Crippen LogP contribution in [0.25, 0.3) is 5.57 Å². The van der Waals surface area contributed by atoms with Crippen LogP contribution in [0, 0.1) is 12.8 Å². The largest absolute Gasteiger partial charge is 0.497 e. The average molecular weight is 421 g/mol. The van der Waals surface area contributed by atoms with Crippen LogP contribution in [0.5, 0.6) is 11.5 Å². The molecule has 0 saturated carbocycles. The molecule has 1 atom stereocenters. The third-order valence-electron chi connectivity index (χ3n) is 5.99. The van der Waals surface area contributed by atoms with Gasteiger partial charge in [-0.2, -0.15) is 0 Å². The van der Waals surface area contributed by atoms with Crippen LogP contribution in [-0.4, -0.2) is 44.0 Å². The molecular formula is C25H28N2O4. The predicted octanol–water partition coefficient (Wildman–Crippen LogP) is 4.03. The Morgan fingerprint density at radius 1 is 0.968 bits per heavy atom. The minimum atomic E-state index is -0.327. The normalized spacial score (nSPS) is 19.3. The molecule has 6 heteroatoms. The molecule has 0 radical (unpaired) electrons. The molecule has 2 aliphatic heterocycles. The molecule has 0 N–H and O–H groups in total. The first kappa shape index (κ1) is 21.0. The summed E-state index contributed by atoms with van der Waals surface area (Å²) in [5, 5.41) is 0. The Morgan fingerprint density at radius 2 is 1.71 bits per heavy atom. The molecule has 0 spiro atoms. The van der Waals surface area contributed by atoms with Gasteiger partial charge in [0.25, 0.3) is 11.8 Å². The van der Waals surface area contributed by atoms with E-state index in [0.29, 0.717) is 39.9 Å². The van der Waals surface area contributed by atoms with E-state index in [1.54, 1.807) is 20.3 Å². The van der Waals surface area contributed by atoms with Gasteiger partial charge < -0.3 is 14.4 Å². The van der Waals surface area contributed by atoms with E-state index in [-0.39, 0.29) is 11.8 Å². The van der Waals surface area contributed by atoms with Crippen molar-refractivity contribution in [3.63, 3.8) is 0 Å². The molecule has 1 fully saturated rings. The Morgan fingerprint density at radius 3 is 2.35 bits per heavy atom. The van der Waals surface area contributed by atoms with Gasteiger partial charge in [-0.1, -0.05) is 25.1 Å². The lowest BCUT2D eigenvalue weighted by atomic mass is 9.98. The maximum absolute atomic E-state index is 13.7. The van der Waals surface area contributed by atoms with Gasteiger partial charge in [0, 0.05) is 13.1 Å². The summed E-state index contributed by atoms with van der Waals surface area (Å²) in [6.45, 7) is 5.63. The van der Waals surface area contributed by atoms with Crippen LogP contribution in [0.15, 0.2) is 48.2 Å². The summed E-state index contributed by atoms with van der Waals surface area (Å²) >= 11 is 0. The quantitative estimate of drug-likeness (QED) is 0.684. The first-order valence-electron chi connectivity index (χ1n) is 10.6. The first-order valence-corrected chi connectivity index (χ1v) is 10.6. The Bertz CT molecular complexity index is 1040. The molecule has 2 aromatic carbocycles. The van der Waals surface area contributed by atoms with Crippen LogP contribution in [0.4, 0.5) is 5.69 Å². The van der Waals surface area contributed by atoms with Crippen molar-refractivity contribution in [2.24, 2.45) is 5.92 Å². The van der Waals surface area contributed by atoms with E-state index in [0.717, 1.165) is 31.5 Å². The van der Waals surface area contributed by atoms with Crippen LogP contribution in [0.3, 0.4) is 0 Å². The molecule has 1 saturated heterocycles. The van der Waals surface area contributed by atoms with Crippen molar-refractivity contribution >= 4 is 23.1 Å². The number of benzene rings is 2. The predicted molar refractivity (Wildman–Crippen MR) is 120 cm³/mol. The summed E-state index contributed by atoms with van der Waals surface area (Å²) in [5.74, 6) is 1.03. The number of nitrogens with zero attached hydrogens (tertiary/aromatic N) is 2. The number of carbonyl (C=O) groups is 2. The van der Waals surface area contributed by atoms with Gasteiger partial charge in [0.1, 0.15) is 17.2 Å². The van der Waals surface area contributed by atoms with E-state index >= 15 is 0 Å². The zero-order valence-electron chi connectivity index (χ0n) is 18.5. The van der Waals surface area contributed by atoms with Crippen molar-refractivity contribution in [2.75, 3.05) is 32.2 Å². The number of hydrogen-bond acceptors (Lipinski definition) is 5. The molecule has 4 rings (SSSR count). The van der Waals surface area contributed by atoms with Crippen molar-refractivity contribution in [3.05, 3.63) is 59.3 Å². The number of likely N-dealkylation sites (tertiary alicyclic amines) is 1. The number of aryl methyl sites for hydroxylation is 1. The lowest BCUT2D eigenvalue weighted by Crippen LogP contribution is -2.39. The lowest BCUT2D eigenvalue weighted by molar-refractivity contribution is -0.120. The molecule has 1 unspecified atom stereocenters. The smallest absolute Gasteiger partial charge is 0.282 e. The van der Waals surface area contributed by atoms with E-state index < -0.39 is 0 Å². The molecule has 2 amide bonds. The van der Waals surface area contributed by atoms with Gasteiger partial charge in [-0.3, -0.25) is 9.59 Å². The number of hydrogen-bond donors (Lipinski definition) is 0. The molecule has 0 aromatic heterocycles. The van der Waals surface area contributed by atoms with Crippen molar-refractivity contribution in [2.45, 2.75) is 26.7 Å². The minimum Gasteiger partial charge on any atom is -0.497 e. The molecule has 2 heterocycles. The van der Waals surface area contributed by atoms with Crippen LogP contribution in [-0.2, 0) is 9.59 Å². The Kier molecular flexibility index (Phi) is 5.72. The van der Waals surface area contributed by atoms with Gasteiger partial charge in [0.05, 0.1) is 25.5 Å². The Balaban J connectivity index is 1.85. The summed E-state index contributed by atoms with van der Waals surface area (Å²) in [7, 11) is 3.15. The third kappa shape index (κ3) is 3.78. The van der Waals surface area contributed by atoms with Crippen LogP contribution >= 0.6 is 0 Å². The first-order chi connectivity index (χ1) is 14.9. The summed E-state index contributed by atoms with van der Waals surface area (Å²) in [6, 6.07) is 12.8. The number of ether oxygens (including phenoxy) is 2. The minimum absolute atomic E-state index is 0.297. The van der Waals surface area contributed by atoms with Gasteiger partial charge in [-0.15, -0.1) is 0 Å². The summed E-state index contributed by atoms with van der Waals surface area (Å²) in [4.78, 5) is 30.8. The van der Waals surface area contributed by atoms with Crippen molar-refractivity contribution in [1.29, 1.82) is 0 Å². The second-order valence-electron chi connectivity index (χ2n) is 8.27. The number of carbonyl (C=O) groups excluding carboxylic acids is 2. The highest BCUT2D eigenvalue weighted by Crippen LogP contribution is 2.40. The van der Waals surface area contributed by atoms with Gasteiger partial charge in [-0.05, 0) is 61.1 Å². The number of piperidine rings is 1. The second-order valence-corrected chi connectivity index (χ2v) is 8.27. The summed E-state index contributed by atoms with van der Waals surface area (Å²) in [5.41, 5.74) is 3.04. The fraction of sp³-hybridized carbons (Fsp3) is 0.360. The number of amides is 2. The monoisotopic (exact) mass is 420 g/mol. The zero-order chi connectivity index (χ0) is 22.1. The maximum atomic E-state index is 13.7. The maximum Gasteiger partial charge on any atom is 0.282 e. The van der Waals surface area contributed by atoms with Gasteiger partial charge in [0.15, 0.2) is 0 Å². The highest BCUT2D eigenvalue weighted by molar-refractivity contribution is 6.45. The number of imide groups is 1. The van der Waals surface area contributed by atoms with Gasteiger partial charge in [0.2, 0.25) is 0 Å². The topological polar surface area (TPSA) is 59.1 Å². The van der Waals surface area contributed by atoms with E-state index in [9.17, 15) is 9.59 Å². The third-order valence-corrected chi connectivity index (χ3v) is 5.99.